The predicted molar refractivity (Wildman–Crippen MR) is 108 cm³/mol. The van der Waals surface area contributed by atoms with Crippen molar-refractivity contribution in [2.75, 3.05) is 17.2 Å². The van der Waals surface area contributed by atoms with E-state index in [0.29, 0.717) is 0 Å². The van der Waals surface area contributed by atoms with Crippen molar-refractivity contribution < 1.29 is 19.2 Å². The number of carbonyl (C=O) groups excluding carboxylic acids is 4. The summed E-state index contributed by atoms with van der Waals surface area (Å²) < 4.78 is 0. The predicted octanol–water partition coefficient (Wildman–Crippen LogP) is 4.13. The Morgan fingerprint density at radius 1 is 0.963 bits per heavy atom. The molecule has 1 aliphatic rings. The molecule has 2 N–H and O–H groups in total. The van der Waals surface area contributed by atoms with E-state index >= 15 is 0 Å². The van der Waals surface area contributed by atoms with Crippen molar-refractivity contribution >= 4 is 45.0 Å². The van der Waals surface area contributed by atoms with Gasteiger partial charge in [0.05, 0.1) is 10.0 Å². The highest BCUT2D eigenvalue weighted by Crippen LogP contribution is 2.35. The highest BCUT2D eigenvalue weighted by molar-refractivity contribution is 7.14. The first-order valence-corrected chi connectivity index (χ1v) is 10.1. The monoisotopic (exact) mass is 410 g/mol. The van der Waals surface area contributed by atoms with Crippen LogP contribution < -0.4 is 10.6 Å². The van der Waals surface area contributed by atoms with Gasteiger partial charge in [0, 0.05) is 12.6 Å². The van der Waals surface area contributed by atoms with E-state index in [1.165, 1.54) is 46.6 Å². The van der Waals surface area contributed by atoms with Crippen LogP contribution in [0.1, 0.15) is 42.0 Å². The van der Waals surface area contributed by atoms with Crippen molar-refractivity contribution in [2.24, 2.45) is 0 Å². The molecule has 0 bridgehead atoms. The Kier molecular flexibility index (Phi) is 11.9. The minimum atomic E-state index is 0.250. The molecule has 3 rings (SSSR count). The summed E-state index contributed by atoms with van der Waals surface area (Å²) in [6.07, 6.45) is 3.22. The molecule has 0 spiro atoms. The minimum absolute atomic E-state index is 0.250. The number of aryl methyl sites for hydroxylation is 2. The lowest BCUT2D eigenvalue weighted by molar-refractivity contribution is -0.193. The third-order valence-corrected chi connectivity index (χ3v) is 6.66. The molecule has 1 atom stereocenters. The van der Waals surface area contributed by atoms with Crippen LogP contribution in [-0.4, -0.2) is 24.9 Å². The molecule has 6 nitrogen and oxygen atoms in total. The fourth-order valence-corrected chi connectivity index (χ4v) is 4.56. The van der Waals surface area contributed by atoms with Crippen LogP contribution in [0.4, 0.5) is 10.0 Å². The molecular formula is C19H26N2O4S2. The van der Waals surface area contributed by atoms with Crippen LogP contribution in [0.3, 0.4) is 0 Å². The lowest BCUT2D eigenvalue weighted by Gasteiger charge is -2.22. The molecule has 0 radical (unpaired) electrons. The zero-order chi connectivity index (χ0) is 21.0. The number of thiophene rings is 2. The SMILES string of the molecule is Cc1csc(N)c1C.Cc1csc(N2CCCC2C)c1C.O=C=O.O=C=O. The summed E-state index contributed by atoms with van der Waals surface area (Å²) in [5.41, 5.74) is 11.0. The van der Waals surface area contributed by atoms with E-state index in [1.54, 1.807) is 11.3 Å². The van der Waals surface area contributed by atoms with Gasteiger partial charge < -0.3 is 10.6 Å². The van der Waals surface area contributed by atoms with Gasteiger partial charge in [-0.15, -0.1) is 22.7 Å². The maximum Gasteiger partial charge on any atom is 0.373 e. The number of hydrogen-bond donors (Lipinski definition) is 1. The van der Waals surface area contributed by atoms with Crippen molar-refractivity contribution in [3.05, 3.63) is 33.0 Å². The Labute approximate surface area is 168 Å². The molecule has 0 amide bonds. The summed E-state index contributed by atoms with van der Waals surface area (Å²) in [4.78, 5) is 35.1. The largest absolute Gasteiger partial charge is 0.390 e. The second-order valence-electron chi connectivity index (χ2n) is 6.11. The maximum absolute atomic E-state index is 8.12. The van der Waals surface area contributed by atoms with Crippen LogP contribution in [0.25, 0.3) is 0 Å². The smallest absolute Gasteiger partial charge is 0.373 e. The molecular weight excluding hydrogens is 384 g/mol. The van der Waals surface area contributed by atoms with E-state index in [9.17, 15) is 0 Å². The van der Waals surface area contributed by atoms with Gasteiger partial charge in [-0.2, -0.15) is 19.2 Å². The standard InChI is InChI=1S/C11H17NS.C6H9NS.2CO2/c1-8-7-13-11(10(8)3)12-6-4-5-9(12)2;1-4-3-8-6(7)5(4)2;2*2-1-3/h7,9H,4-6H2,1-3H3;3H,7H2,1-2H3;;. The molecule has 0 aliphatic carbocycles. The normalized spacial score (nSPS) is 14.4. The zero-order valence-electron chi connectivity index (χ0n) is 16.3. The van der Waals surface area contributed by atoms with Crippen molar-refractivity contribution in [1.82, 2.24) is 0 Å². The fraction of sp³-hybridized carbons (Fsp3) is 0.474. The number of anilines is 2. The minimum Gasteiger partial charge on any atom is -0.390 e. The van der Waals surface area contributed by atoms with Gasteiger partial charge in [0.25, 0.3) is 0 Å². The first kappa shape index (κ1) is 24.8. The molecule has 1 unspecified atom stereocenters. The van der Waals surface area contributed by atoms with Crippen LogP contribution in [0.15, 0.2) is 10.8 Å². The molecule has 2 aromatic rings. The maximum atomic E-state index is 8.12. The number of hydrogen-bond acceptors (Lipinski definition) is 8. The Hall–Kier alpha value is -2.24. The van der Waals surface area contributed by atoms with Crippen molar-refractivity contribution in [3.8, 4) is 0 Å². The van der Waals surface area contributed by atoms with Crippen molar-refractivity contribution in [3.63, 3.8) is 0 Å². The molecule has 8 heteroatoms. The number of rotatable bonds is 1. The third-order valence-electron chi connectivity index (χ3n) is 4.40. The van der Waals surface area contributed by atoms with Crippen LogP contribution >= 0.6 is 22.7 Å². The molecule has 0 aromatic carbocycles. The van der Waals surface area contributed by atoms with Gasteiger partial charge in [0.2, 0.25) is 0 Å². The molecule has 3 heterocycles. The lowest BCUT2D eigenvalue weighted by Crippen LogP contribution is -2.25. The Morgan fingerprint density at radius 2 is 1.44 bits per heavy atom. The van der Waals surface area contributed by atoms with E-state index in [2.05, 4.69) is 43.4 Å². The second-order valence-corrected chi connectivity index (χ2v) is 7.88. The van der Waals surface area contributed by atoms with Gasteiger partial charge in [-0.1, -0.05) is 0 Å². The van der Waals surface area contributed by atoms with Crippen LogP contribution in [0.2, 0.25) is 0 Å². The van der Waals surface area contributed by atoms with Gasteiger partial charge in [0.15, 0.2) is 0 Å². The number of nitrogens with zero attached hydrogens (tertiary/aromatic N) is 1. The highest BCUT2D eigenvalue weighted by atomic mass is 32.1. The van der Waals surface area contributed by atoms with Gasteiger partial charge >= 0.3 is 12.3 Å². The third kappa shape index (κ3) is 7.89. The fourth-order valence-electron chi connectivity index (χ4n) is 2.53. The number of nitrogen functional groups attached to an aromatic ring is 1. The molecule has 1 aliphatic heterocycles. The Morgan fingerprint density at radius 3 is 1.70 bits per heavy atom. The Balaban J connectivity index is 0.000000413. The molecule has 2 aromatic heterocycles. The van der Waals surface area contributed by atoms with E-state index in [-0.39, 0.29) is 12.3 Å². The van der Waals surface area contributed by atoms with Gasteiger partial charge in [-0.05, 0) is 80.5 Å². The van der Waals surface area contributed by atoms with E-state index in [0.717, 1.165) is 11.0 Å². The summed E-state index contributed by atoms with van der Waals surface area (Å²) in [5, 5.41) is 6.80. The topological polar surface area (TPSA) is 97.5 Å². The van der Waals surface area contributed by atoms with Crippen LogP contribution in [0.5, 0.6) is 0 Å². The van der Waals surface area contributed by atoms with Gasteiger partial charge in [-0.25, -0.2) is 0 Å². The molecule has 148 valence electrons. The highest BCUT2D eigenvalue weighted by Gasteiger charge is 2.23. The lowest BCUT2D eigenvalue weighted by atomic mass is 10.2. The van der Waals surface area contributed by atoms with Crippen LogP contribution in [0, 0.1) is 27.7 Å². The second kappa shape index (κ2) is 13.0. The van der Waals surface area contributed by atoms with E-state index < -0.39 is 0 Å². The summed E-state index contributed by atoms with van der Waals surface area (Å²) in [7, 11) is 0. The average Bonchev–Trinajstić information content (AvgIpc) is 3.27. The van der Waals surface area contributed by atoms with Crippen molar-refractivity contribution in [2.45, 2.75) is 53.5 Å². The first-order valence-electron chi connectivity index (χ1n) is 8.35. The van der Waals surface area contributed by atoms with Gasteiger partial charge in [-0.3, -0.25) is 0 Å². The average molecular weight is 411 g/mol. The zero-order valence-corrected chi connectivity index (χ0v) is 18.0. The first-order chi connectivity index (χ1) is 12.7. The Bertz CT molecular complexity index is 739. The van der Waals surface area contributed by atoms with Crippen LogP contribution in [-0.2, 0) is 19.2 Å². The summed E-state index contributed by atoms with van der Waals surface area (Å²) >= 11 is 3.51. The number of nitrogens with two attached hydrogens (primary N) is 1. The summed E-state index contributed by atoms with van der Waals surface area (Å²) in [6.45, 7) is 12.1. The molecule has 1 fully saturated rings. The summed E-state index contributed by atoms with van der Waals surface area (Å²) in [6, 6.07) is 0.747. The van der Waals surface area contributed by atoms with E-state index in [4.69, 9.17) is 24.9 Å². The van der Waals surface area contributed by atoms with Gasteiger partial charge in [0.1, 0.15) is 0 Å². The quantitative estimate of drug-likeness (QED) is 0.759. The molecule has 0 saturated carbocycles. The summed E-state index contributed by atoms with van der Waals surface area (Å²) in [5.74, 6) is 0. The van der Waals surface area contributed by atoms with Crippen molar-refractivity contribution in [1.29, 1.82) is 0 Å². The molecule has 1 saturated heterocycles. The molecule has 27 heavy (non-hydrogen) atoms. The van der Waals surface area contributed by atoms with E-state index in [1.807, 2.05) is 18.3 Å².